The predicted octanol–water partition coefficient (Wildman–Crippen LogP) is 1.56. The summed E-state index contributed by atoms with van der Waals surface area (Å²) in [4.78, 5) is 11.0. The van der Waals surface area contributed by atoms with E-state index in [1.54, 1.807) is 30.3 Å². The Morgan fingerprint density at radius 1 is 1.32 bits per heavy atom. The quantitative estimate of drug-likeness (QED) is 0.910. The predicted molar refractivity (Wildman–Crippen MR) is 70.2 cm³/mol. The van der Waals surface area contributed by atoms with Gasteiger partial charge in [0.2, 0.25) is 10.0 Å². The molecule has 0 aliphatic carbocycles. The number of hydrogen-bond donors (Lipinski definition) is 1. The topological polar surface area (TPSA) is 74.7 Å². The highest BCUT2D eigenvalue weighted by molar-refractivity contribution is 7.89. The maximum absolute atomic E-state index is 12.4. The van der Waals surface area contributed by atoms with E-state index in [0.717, 1.165) is 6.42 Å². The molecule has 104 valence electrons. The summed E-state index contributed by atoms with van der Waals surface area (Å²) in [5, 5.41) is 8.80. The van der Waals surface area contributed by atoms with Crippen LogP contribution in [0, 0.1) is 5.92 Å². The third kappa shape index (κ3) is 3.33. The van der Waals surface area contributed by atoms with Gasteiger partial charge in [-0.2, -0.15) is 4.31 Å². The van der Waals surface area contributed by atoms with E-state index in [1.807, 2.05) is 0 Å². The van der Waals surface area contributed by atoms with Crippen LogP contribution in [0.15, 0.2) is 35.2 Å². The normalized spacial score (nSPS) is 21.2. The highest BCUT2D eigenvalue weighted by atomic mass is 32.2. The van der Waals surface area contributed by atoms with Gasteiger partial charge < -0.3 is 5.11 Å². The van der Waals surface area contributed by atoms with E-state index >= 15 is 0 Å². The molecule has 0 spiro atoms. The minimum atomic E-state index is -3.49. The van der Waals surface area contributed by atoms with Gasteiger partial charge in [-0.3, -0.25) is 4.79 Å². The number of aliphatic carboxylic acids is 1. The fraction of sp³-hybridized carbons (Fsp3) is 0.462. The van der Waals surface area contributed by atoms with E-state index in [0.29, 0.717) is 19.5 Å². The molecule has 0 radical (unpaired) electrons. The van der Waals surface area contributed by atoms with Crippen molar-refractivity contribution in [2.75, 3.05) is 13.1 Å². The van der Waals surface area contributed by atoms with Gasteiger partial charge in [-0.05, 0) is 30.9 Å². The fourth-order valence-corrected chi connectivity index (χ4v) is 3.98. The second-order valence-electron chi connectivity index (χ2n) is 4.78. The van der Waals surface area contributed by atoms with Gasteiger partial charge in [0.15, 0.2) is 0 Å². The second-order valence-corrected chi connectivity index (χ2v) is 6.72. The SMILES string of the molecule is O=C(O)C[C@H]1CCCN(S(=O)(=O)c2ccccc2)C1. The average molecular weight is 283 g/mol. The van der Waals surface area contributed by atoms with Crippen LogP contribution in [0.25, 0.3) is 0 Å². The van der Waals surface area contributed by atoms with Gasteiger partial charge >= 0.3 is 5.97 Å². The van der Waals surface area contributed by atoms with E-state index in [4.69, 9.17) is 5.11 Å². The first-order valence-corrected chi connectivity index (χ1v) is 7.71. The summed E-state index contributed by atoms with van der Waals surface area (Å²) in [6.45, 7) is 0.761. The standard InChI is InChI=1S/C13H17NO4S/c15-13(16)9-11-5-4-8-14(10-11)19(17,18)12-6-2-1-3-7-12/h1-3,6-7,11H,4-5,8-10H2,(H,15,16)/t11-/m1/s1. The first-order valence-electron chi connectivity index (χ1n) is 6.27. The fourth-order valence-electron chi connectivity index (χ4n) is 2.40. The molecule has 1 heterocycles. The molecule has 0 bridgehead atoms. The molecule has 1 aromatic rings. The van der Waals surface area contributed by atoms with Crippen molar-refractivity contribution in [1.82, 2.24) is 4.31 Å². The Bertz CT molecular complexity index is 541. The van der Waals surface area contributed by atoms with Crippen molar-refractivity contribution in [3.05, 3.63) is 30.3 Å². The highest BCUT2D eigenvalue weighted by Crippen LogP contribution is 2.25. The largest absolute Gasteiger partial charge is 0.481 e. The van der Waals surface area contributed by atoms with Gasteiger partial charge in [0.1, 0.15) is 0 Å². The van der Waals surface area contributed by atoms with Gasteiger partial charge in [-0.1, -0.05) is 18.2 Å². The van der Waals surface area contributed by atoms with Gasteiger partial charge in [-0.15, -0.1) is 0 Å². The Morgan fingerprint density at radius 2 is 2.00 bits per heavy atom. The van der Waals surface area contributed by atoms with E-state index in [-0.39, 0.29) is 17.2 Å². The zero-order valence-electron chi connectivity index (χ0n) is 10.5. The molecule has 1 aliphatic rings. The number of sulfonamides is 1. The van der Waals surface area contributed by atoms with Crippen LogP contribution >= 0.6 is 0 Å². The van der Waals surface area contributed by atoms with Gasteiger partial charge in [0.05, 0.1) is 4.90 Å². The monoisotopic (exact) mass is 283 g/mol. The summed E-state index contributed by atoms with van der Waals surface area (Å²) < 4.78 is 26.2. The number of hydrogen-bond acceptors (Lipinski definition) is 3. The van der Waals surface area contributed by atoms with Crippen LogP contribution < -0.4 is 0 Å². The van der Waals surface area contributed by atoms with Crippen LogP contribution in [0.1, 0.15) is 19.3 Å². The molecule has 1 aliphatic heterocycles. The number of carboxylic acid groups (broad SMARTS) is 1. The lowest BCUT2D eigenvalue weighted by molar-refractivity contribution is -0.138. The summed E-state index contributed by atoms with van der Waals surface area (Å²) >= 11 is 0. The van der Waals surface area contributed by atoms with Gasteiger partial charge in [0, 0.05) is 19.5 Å². The van der Waals surface area contributed by atoms with Crippen molar-refractivity contribution in [3.8, 4) is 0 Å². The first kappa shape index (κ1) is 14.0. The Labute approximate surface area is 112 Å². The molecule has 19 heavy (non-hydrogen) atoms. The maximum Gasteiger partial charge on any atom is 0.303 e. The molecule has 6 heteroatoms. The number of carbonyl (C=O) groups is 1. The molecule has 0 amide bonds. The van der Waals surface area contributed by atoms with Gasteiger partial charge in [-0.25, -0.2) is 8.42 Å². The van der Waals surface area contributed by atoms with Crippen molar-refractivity contribution in [2.24, 2.45) is 5.92 Å². The van der Waals surface area contributed by atoms with Crippen LogP contribution in [0.5, 0.6) is 0 Å². The van der Waals surface area contributed by atoms with Crippen molar-refractivity contribution >= 4 is 16.0 Å². The van der Waals surface area contributed by atoms with Crippen molar-refractivity contribution < 1.29 is 18.3 Å². The Kier molecular flexibility index (Phi) is 4.21. The molecular formula is C13H17NO4S. The second kappa shape index (κ2) is 5.71. The lowest BCUT2D eigenvalue weighted by atomic mass is 9.96. The van der Waals surface area contributed by atoms with Crippen molar-refractivity contribution in [3.63, 3.8) is 0 Å². The molecule has 1 N–H and O–H groups in total. The van der Waals surface area contributed by atoms with Crippen molar-refractivity contribution in [1.29, 1.82) is 0 Å². The summed E-state index contributed by atoms with van der Waals surface area (Å²) in [5.41, 5.74) is 0. The van der Waals surface area contributed by atoms with Crippen LogP contribution in [-0.2, 0) is 14.8 Å². The lowest BCUT2D eigenvalue weighted by Gasteiger charge is -2.31. The molecule has 5 nitrogen and oxygen atoms in total. The third-order valence-corrected chi connectivity index (χ3v) is 5.21. The van der Waals surface area contributed by atoms with E-state index in [2.05, 4.69) is 0 Å². The molecule has 0 aromatic heterocycles. The van der Waals surface area contributed by atoms with E-state index < -0.39 is 16.0 Å². The highest BCUT2D eigenvalue weighted by Gasteiger charge is 2.30. The number of rotatable bonds is 4. The molecular weight excluding hydrogens is 266 g/mol. The number of piperidine rings is 1. The van der Waals surface area contributed by atoms with Crippen LogP contribution in [-0.4, -0.2) is 36.9 Å². The molecule has 2 rings (SSSR count). The Morgan fingerprint density at radius 3 is 2.63 bits per heavy atom. The number of benzene rings is 1. The Hall–Kier alpha value is -1.40. The minimum Gasteiger partial charge on any atom is -0.481 e. The minimum absolute atomic E-state index is 0.0286. The zero-order valence-corrected chi connectivity index (χ0v) is 11.3. The maximum atomic E-state index is 12.4. The van der Waals surface area contributed by atoms with E-state index in [9.17, 15) is 13.2 Å². The molecule has 1 fully saturated rings. The van der Waals surface area contributed by atoms with Crippen LogP contribution in [0.4, 0.5) is 0 Å². The molecule has 0 unspecified atom stereocenters. The van der Waals surface area contributed by atoms with Crippen LogP contribution in [0.3, 0.4) is 0 Å². The zero-order chi connectivity index (χ0) is 13.9. The lowest BCUT2D eigenvalue weighted by Crippen LogP contribution is -2.40. The smallest absolute Gasteiger partial charge is 0.303 e. The third-order valence-electron chi connectivity index (χ3n) is 3.33. The molecule has 1 saturated heterocycles. The van der Waals surface area contributed by atoms with Gasteiger partial charge in [0.25, 0.3) is 0 Å². The van der Waals surface area contributed by atoms with E-state index in [1.165, 1.54) is 4.31 Å². The molecule has 1 atom stereocenters. The number of nitrogens with zero attached hydrogens (tertiary/aromatic N) is 1. The van der Waals surface area contributed by atoms with Crippen LogP contribution in [0.2, 0.25) is 0 Å². The molecule has 1 aromatic carbocycles. The van der Waals surface area contributed by atoms with Crippen molar-refractivity contribution in [2.45, 2.75) is 24.2 Å². The summed E-state index contributed by atoms with van der Waals surface area (Å²) in [7, 11) is -3.49. The molecule has 0 saturated carbocycles. The first-order chi connectivity index (χ1) is 9.00. The average Bonchev–Trinajstić information content (AvgIpc) is 2.39. The summed E-state index contributed by atoms with van der Waals surface area (Å²) in [6, 6.07) is 8.27. The Balaban J connectivity index is 2.15. The number of carboxylic acids is 1. The summed E-state index contributed by atoms with van der Waals surface area (Å²) in [6.07, 6.45) is 1.51. The summed E-state index contributed by atoms with van der Waals surface area (Å²) in [5.74, 6) is -0.964.